The van der Waals surface area contributed by atoms with Gasteiger partial charge < -0.3 is 15.0 Å². The number of likely N-dealkylation sites (N-methyl/N-ethyl adjacent to an activating group) is 1. The Morgan fingerprint density at radius 2 is 1.95 bits per heavy atom. The molecule has 1 rings (SSSR count). The number of methoxy groups -OCH3 is 1. The summed E-state index contributed by atoms with van der Waals surface area (Å²) in [5.41, 5.74) is 0.985. The van der Waals surface area contributed by atoms with Gasteiger partial charge in [-0.25, -0.2) is 0 Å². The van der Waals surface area contributed by atoms with Crippen molar-refractivity contribution < 1.29 is 9.53 Å². The zero-order valence-electron chi connectivity index (χ0n) is 12.2. The summed E-state index contributed by atoms with van der Waals surface area (Å²) in [6, 6.07) is 10.1. The van der Waals surface area contributed by atoms with Crippen LogP contribution in [0.15, 0.2) is 30.3 Å². The maximum Gasteiger partial charge on any atom is 0.314 e. The van der Waals surface area contributed by atoms with Gasteiger partial charge in [-0.1, -0.05) is 30.3 Å². The summed E-state index contributed by atoms with van der Waals surface area (Å²) in [5, 5.41) is 3.39. The molecule has 19 heavy (non-hydrogen) atoms. The lowest BCUT2D eigenvalue weighted by molar-refractivity contribution is -0.142. The lowest BCUT2D eigenvalue weighted by atomic mass is 9.99. The molecule has 0 saturated heterocycles. The van der Waals surface area contributed by atoms with Crippen molar-refractivity contribution in [3.8, 4) is 0 Å². The minimum Gasteiger partial charge on any atom is -0.469 e. The van der Waals surface area contributed by atoms with E-state index < -0.39 is 0 Å². The number of carbonyl (C=O) groups is 1. The van der Waals surface area contributed by atoms with E-state index in [-0.39, 0.29) is 11.9 Å². The Labute approximate surface area is 115 Å². The third kappa shape index (κ3) is 5.41. The van der Waals surface area contributed by atoms with Crippen molar-refractivity contribution in [3.63, 3.8) is 0 Å². The van der Waals surface area contributed by atoms with Gasteiger partial charge in [-0.3, -0.25) is 4.79 Å². The van der Waals surface area contributed by atoms with Crippen LogP contribution in [0.2, 0.25) is 0 Å². The van der Waals surface area contributed by atoms with Gasteiger partial charge in [0.2, 0.25) is 0 Å². The second-order valence-corrected chi connectivity index (χ2v) is 5.06. The summed E-state index contributed by atoms with van der Waals surface area (Å²) in [5.74, 6) is -0.452. The fraction of sp³-hybridized carbons (Fsp3) is 0.533. The first-order valence-electron chi connectivity index (χ1n) is 6.55. The zero-order chi connectivity index (χ0) is 14.3. The Kier molecular flexibility index (Phi) is 6.53. The number of hydrogen-bond acceptors (Lipinski definition) is 4. The number of rotatable bonds is 7. The van der Waals surface area contributed by atoms with Crippen LogP contribution >= 0.6 is 0 Å². The fourth-order valence-corrected chi connectivity index (χ4v) is 2.10. The first-order valence-corrected chi connectivity index (χ1v) is 6.55. The second-order valence-electron chi connectivity index (χ2n) is 5.06. The summed E-state index contributed by atoms with van der Waals surface area (Å²) in [7, 11) is 5.50. The van der Waals surface area contributed by atoms with Crippen LogP contribution in [-0.4, -0.2) is 51.2 Å². The molecule has 2 unspecified atom stereocenters. The monoisotopic (exact) mass is 264 g/mol. The quantitative estimate of drug-likeness (QED) is 0.758. The number of nitrogens with zero attached hydrogens (tertiary/aromatic N) is 1. The minimum atomic E-state index is -0.254. The molecule has 0 aliphatic rings. The van der Waals surface area contributed by atoms with E-state index in [1.165, 1.54) is 7.11 Å². The molecule has 4 heteroatoms. The molecule has 1 N–H and O–H groups in total. The number of benzene rings is 1. The summed E-state index contributed by atoms with van der Waals surface area (Å²) in [6.45, 7) is 3.63. The normalized spacial score (nSPS) is 14.2. The predicted molar refractivity (Wildman–Crippen MR) is 77.2 cm³/mol. The summed E-state index contributed by atoms with van der Waals surface area (Å²) in [4.78, 5) is 14.0. The van der Waals surface area contributed by atoms with Gasteiger partial charge in [0.05, 0.1) is 13.0 Å². The van der Waals surface area contributed by atoms with Gasteiger partial charge in [-0.15, -0.1) is 0 Å². The van der Waals surface area contributed by atoms with E-state index in [0.29, 0.717) is 12.6 Å². The van der Waals surface area contributed by atoms with Crippen molar-refractivity contribution in [1.29, 1.82) is 0 Å². The van der Waals surface area contributed by atoms with Gasteiger partial charge in [-0.05, 0) is 26.6 Å². The molecular formula is C15H24N2O2. The molecule has 0 fully saturated rings. The Morgan fingerprint density at radius 1 is 1.32 bits per heavy atom. The Morgan fingerprint density at radius 3 is 2.47 bits per heavy atom. The van der Waals surface area contributed by atoms with Crippen molar-refractivity contribution in [3.05, 3.63) is 35.9 Å². The molecule has 1 aromatic rings. The Hall–Kier alpha value is -1.39. The smallest absolute Gasteiger partial charge is 0.314 e. The second kappa shape index (κ2) is 7.92. The molecule has 0 aliphatic heterocycles. The molecule has 1 aromatic carbocycles. The molecule has 0 spiro atoms. The van der Waals surface area contributed by atoms with Gasteiger partial charge in [0, 0.05) is 19.1 Å². The van der Waals surface area contributed by atoms with Crippen LogP contribution < -0.4 is 5.32 Å². The molecule has 0 bridgehead atoms. The number of carbonyl (C=O) groups excluding carboxylic acids is 1. The highest BCUT2D eigenvalue weighted by Crippen LogP contribution is 2.16. The number of ether oxygens (including phenoxy) is 1. The summed E-state index contributed by atoms with van der Waals surface area (Å²) in [6.07, 6.45) is 0. The van der Waals surface area contributed by atoms with Crippen molar-refractivity contribution in [2.24, 2.45) is 0 Å². The lowest BCUT2D eigenvalue weighted by Crippen LogP contribution is -2.39. The van der Waals surface area contributed by atoms with Crippen molar-refractivity contribution in [2.45, 2.75) is 18.9 Å². The molecule has 2 atom stereocenters. The highest BCUT2D eigenvalue weighted by atomic mass is 16.5. The van der Waals surface area contributed by atoms with Crippen molar-refractivity contribution >= 4 is 5.97 Å². The number of hydrogen-bond donors (Lipinski definition) is 1. The highest BCUT2D eigenvalue weighted by Gasteiger charge is 2.21. The van der Waals surface area contributed by atoms with E-state index >= 15 is 0 Å². The minimum absolute atomic E-state index is 0.198. The van der Waals surface area contributed by atoms with Crippen LogP contribution in [0.1, 0.15) is 18.4 Å². The molecule has 0 amide bonds. The van der Waals surface area contributed by atoms with Gasteiger partial charge in [0.25, 0.3) is 0 Å². The van der Waals surface area contributed by atoms with Crippen LogP contribution in [0.4, 0.5) is 0 Å². The molecule has 106 valence electrons. The maximum atomic E-state index is 11.9. The third-order valence-electron chi connectivity index (χ3n) is 3.00. The Balaban J connectivity index is 2.64. The number of esters is 1. The molecule has 0 radical (unpaired) electrons. The average Bonchev–Trinajstić information content (AvgIpc) is 2.39. The van der Waals surface area contributed by atoms with Crippen LogP contribution in [-0.2, 0) is 9.53 Å². The van der Waals surface area contributed by atoms with E-state index in [1.807, 2.05) is 44.4 Å². The van der Waals surface area contributed by atoms with Crippen molar-refractivity contribution in [2.75, 3.05) is 34.3 Å². The van der Waals surface area contributed by atoms with E-state index in [1.54, 1.807) is 0 Å². The third-order valence-corrected chi connectivity index (χ3v) is 3.00. The van der Waals surface area contributed by atoms with Crippen LogP contribution in [0.5, 0.6) is 0 Å². The standard InChI is InChI=1S/C15H24N2O2/c1-12(11-17(2)3)16-10-14(15(18)19-4)13-8-6-5-7-9-13/h5-9,12,14,16H,10-11H2,1-4H3. The van der Waals surface area contributed by atoms with Gasteiger partial charge in [0.15, 0.2) is 0 Å². The van der Waals surface area contributed by atoms with Crippen LogP contribution in [0.3, 0.4) is 0 Å². The van der Waals surface area contributed by atoms with Gasteiger partial charge in [0.1, 0.15) is 0 Å². The average molecular weight is 264 g/mol. The zero-order valence-corrected chi connectivity index (χ0v) is 12.2. The van der Waals surface area contributed by atoms with Gasteiger partial charge >= 0.3 is 5.97 Å². The van der Waals surface area contributed by atoms with Crippen LogP contribution in [0.25, 0.3) is 0 Å². The predicted octanol–water partition coefficient (Wildman–Crippen LogP) is 1.48. The molecule has 0 saturated carbocycles. The van der Waals surface area contributed by atoms with Gasteiger partial charge in [-0.2, -0.15) is 0 Å². The van der Waals surface area contributed by atoms with Crippen LogP contribution in [0, 0.1) is 0 Å². The highest BCUT2D eigenvalue weighted by molar-refractivity contribution is 5.78. The summed E-state index contributed by atoms with van der Waals surface area (Å²) < 4.78 is 4.89. The first kappa shape index (κ1) is 15.7. The maximum absolute atomic E-state index is 11.9. The fourth-order valence-electron chi connectivity index (χ4n) is 2.10. The molecular weight excluding hydrogens is 240 g/mol. The largest absolute Gasteiger partial charge is 0.469 e. The van der Waals surface area contributed by atoms with E-state index in [9.17, 15) is 4.79 Å². The molecule has 0 heterocycles. The SMILES string of the molecule is COC(=O)C(CNC(C)CN(C)C)c1ccccc1. The first-order chi connectivity index (χ1) is 9.04. The lowest BCUT2D eigenvalue weighted by Gasteiger charge is -2.21. The molecule has 0 aromatic heterocycles. The van der Waals surface area contributed by atoms with E-state index in [0.717, 1.165) is 12.1 Å². The number of nitrogens with one attached hydrogen (secondary N) is 1. The topological polar surface area (TPSA) is 41.6 Å². The summed E-state index contributed by atoms with van der Waals surface area (Å²) >= 11 is 0. The van der Waals surface area contributed by atoms with Crippen molar-refractivity contribution in [1.82, 2.24) is 10.2 Å². The van der Waals surface area contributed by atoms with E-state index in [4.69, 9.17) is 4.74 Å². The molecule has 0 aliphatic carbocycles. The van der Waals surface area contributed by atoms with E-state index in [2.05, 4.69) is 17.1 Å². The molecule has 4 nitrogen and oxygen atoms in total. The Bertz CT molecular complexity index is 379.